The normalized spacial score (nSPS) is 10.4. The summed E-state index contributed by atoms with van der Waals surface area (Å²) in [5.74, 6) is -0.885. The molecule has 25 heavy (non-hydrogen) atoms. The number of aromatic nitrogens is 1. The van der Waals surface area contributed by atoms with Crippen LogP contribution >= 0.6 is 38.6 Å². The minimum Gasteiger partial charge on any atom is -0.460 e. The maximum absolute atomic E-state index is 12.1. The van der Waals surface area contributed by atoms with Crippen molar-refractivity contribution in [3.8, 4) is 9.88 Å². The molecule has 0 fully saturated rings. The number of ether oxygens (including phenoxy) is 1. The molecule has 3 aromatic rings. The molecule has 0 saturated heterocycles. The van der Waals surface area contributed by atoms with E-state index in [0.717, 1.165) is 19.9 Å². The molecule has 128 valence electrons. The van der Waals surface area contributed by atoms with Gasteiger partial charge in [0, 0.05) is 15.2 Å². The molecule has 1 aromatic carbocycles. The standard InChI is InChI=1S/C17H13BrN2O3S2/c18-12-6-14(24-9-12)17-20-13(10-25-17)16(22)19-7-15(21)23-8-11-4-2-1-3-5-11/h1-6,9-10H,7-8H2,(H,19,22). The van der Waals surface area contributed by atoms with Crippen molar-refractivity contribution in [2.75, 3.05) is 6.54 Å². The van der Waals surface area contributed by atoms with Gasteiger partial charge in [-0.1, -0.05) is 30.3 Å². The third-order valence-corrected chi connectivity index (χ3v) is 5.85. The number of rotatable bonds is 6. The predicted molar refractivity (Wildman–Crippen MR) is 102 cm³/mol. The molecule has 0 spiro atoms. The molecule has 0 aliphatic rings. The van der Waals surface area contributed by atoms with Gasteiger partial charge in [-0.05, 0) is 27.6 Å². The molecule has 5 nitrogen and oxygen atoms in total. The van der Waals surface area contributed by atoms with Crippen LogP contribution in [0, 0.1) is 0 Å². The number of hydrogen-bond acceptors (Lipinski definition) is 6. The van der Waals surface area contributed by atoms with Crippen molar-refractivity contribution in [3.63, 3.8) is 0 Å². The number of carbonyl (C=O) groups is 2. The van der Waals surface area contributed by atoms with E-state index >= 15 is 0 Å². The Kier molecular flexibility index (Phi) is 5.95. The minimum absolute atomic E-state index is 0.184. The maximum atomic E-state index is 12.1. The van der Waals surface area contributed by atoms with E-state index in [1.165, 1.54) is 11.3 Å². The van der Waals surface area contributed by atoms with Crippen LogP contribution in [0.25, 0.3) is 9.88 Å². The zero-order valence-electron chi connectivity index (χ0n) is 12.9. The number of nitrogens with one attached hydrogen (secondary N) is 1. The van der Waals surface area contributed by atoms with E-state index in [9.17, 15) is 9.59 Å². The highest BCUT2D eigenvalue weighted by molar-refractivity contribution is 9.10. The molecule has 0 aliphatic carbocycles. The van der Waals surface area contributed by atoms with Crippen molar-refractivity contribution in [3.05, 3.63) is 62.9 Å². The summed E-state index contributed by atoms with van der Waals surface area (Å²) in [5.41, 5.74) is 1.19. The quantitative estimate of drug-likeness (QED) is 0.590. The maximum Gasteiger partial charge on any atom is 0.325 e. The van der Waals surface area contributed by atoms with Crippen molar-refractivity contribution in [1.29, 1.82) is 0 Å². The number of carbonyl (C=O) groups excluding carboxylic acids is 2. The van der Waals surface area contributed by atoms with Crippen LogP contribution < -0.4 is 5.32 Å². The molecule has 0 unspecified atom stereocenters. The monoisotopic (exact) mass is 436 g/mol. The number of amides is 1. The number of benzene rings is 1. The van der Waals surface area contributed by atoms with E-state index in [1.54, 1.807) is 16.7 Å². The van der Waals surface area contributed by atoms with E-state index in [2.05, 4.69) is 26.2 Å². The number of hydrogen-bond donors (Lipinski definition) is 1. The number of nitrogens with zero attached hydrogens (tertiary/aromatic N) is 1. The summed E-state index contributed by atoms with van der Waals surface area (Å²) in [7, 11) is 0. The summed E-state index contributed by atoms with van der Waals surface area (Å²) in [6, 6.07) is 11.3. The summed E-state index contributed by atoms with van der Waals surface area (Å²) < 4.78 is 6.10. The SMILES string of the molecule is O=C(CNC(=O)c1csc(-c2cc(Br)cs2)n1)OCc1ccccc1. The fourth-order valence-electron chi connectivity index (χ4n) is 1.95. The van der Waals surface area contributed by atoms with Gasteiger partial charge in [-0.2, -0.15) is 0 Å². The third kappa shape index (κ3) is 4.97. The van der Waals surface area contributed by atoms with Gasteiger partial charge in [0.05, 0.1) is 4.88 Å². The molecule has 1 N–H and O–H groups in total. The van der Waals surface area contributed by atoms with Crippen molar-refractivity contribution in [2.45, 2.75) is 6.61 Å². The molecule has 0 aliphatic heterocycles. The van der Waals surface area contributed by atoms with E-state index in [1.807, 2.05) is 41.8 Å². The minimum atomic E-state index is -0.491. The highest BCUT2D eigenvalue weighted by Gasteiger charge is 2.14. The molecule has 0 atom stereocenters. The van der Waals surface area contributed by atoms with E-state index < -0.39 is 11.9 Å². The van der Waals surface area contributed by atoms with Crippen LogP contribution in [-0.4, -0.2) is 23.4 Å². The van der Waals surface area contributed by atoms with Gasteiger partial charge in [0.1, 0.15) is 23.9 Å². The lowest BCUT2D eigenvalue weighted by atomic mass is 10.2. The predicted octanol–water partition coefficient (Wildman–Crippen LogP) is 4.11. The average molecular weight is 437 g/mol. The molecule has 8 heteroatoms. The smallest absolute Gasteiger partial charge is 0.325 e. The van der Waals surface area contributed by atoms with Crippen LogP contribution in [0.2, 0.25) is 0 Å². The first-order valence-electron chi connectivity index (χ1n) is 7.29. The van der Waals surface area contributed by atoms with E-state index in [0.29, 0.717) is 5.69 Å². The molecular weight excluding hydrogens is 424 g/mol. The number of halogens is 1. The van der Waals surface area contributed by atoms with Gasteiger partial charge < -0.3 is 10.1 Å². The Labute approximate surface area is 160 Å². The average Bonchev–Trinajstić information content (AvgIpc) is 3.27. The topological polar surface area (TPSA) is 68.3 Å². The second-order valence-corrected chi connectivity index (χ2v) is 7.68. The molecule has 2 heterocycles. The Hall–Kier alpha value is -2.03. The number of thiophene rings is 1. The Morgan fingerprint density at radius 2 is 1.96 bits per heavy atom. The Morgan fingerprint density at radius 3 is 2.68 bits per heavy atom. The first kappa shape index (κ1) is 17.8. The molecule has 0 saturated carbocycles. The summed E-state index contributed by atoms with van der Waals surface area (Å²) in [5, 5.41) is 6.93. The first-order valence-corrected chi connectivity index (χ1v) is 9.85. The lowest BCUT2D eigenvalue weighted by Crippen LogP contribution is -2.30. The molecule has 1 amide bonds. The van der Waals surface area contributed by atoms with E-state index in [4.69, 9.17) is 4.74 Å². The highest BCUT2D eigenvalue weighted by Crippen LogP contribution is 2.31. The van der Waals surface area contributed by atoms with Gasteiger partial charge in [-0.15, -0.1) is 22.7 Å². The van der Waals surface area contributed by atoms with Crippen molar-refractivity contribution in [2.24, 2.45) is 0 Å². The van der Waals surface area contributed by atoms with Crippen molar-refractivity contribution < 1.29 is 14.3 Å². The highest BCUT2D eigenvalue weighted by atomic mass is 79.9. The van der Waals surface area contributed by atoms with Crippen LogP contribution in [0.4, 0.5) is 0 Å². The molecule has 0 radical (unpaired) electrons. The van der Waals surface area contributed by atoms with Crippen molar-refractivity contribution in [1.82, 2.24) is 10.3 Å². The molecular formula is C17H13BrN2O3S2. The van der Waals surface area contributed by atoms with E-state index in [-0.39, 0.29) is 13.2 Å². The van der Waals surface area contributed by atoms with Crippen LogP contribution in [0.15, 0.2) is 51.6 Å². The van der Waals surface area contributed by atoms with Crippen LogP contribution in [0.1, 0.15) is 16.1 Å². The van der Waals surface area contributed by atoms with Gasteiger partial charge in [0.15, 0.2) is 0 Å². The summed E-state index contributed by atoms with van der Waals surface area (Å²) >= 11 is 6.33. The lowest BCUT2D eigenvalue weighted by molar-refractivity contribution is -0.143. The van der Waals surface area contributed by atoms with Gasteiger partial charge in [-0.3, -0.25) is 9.59 Å². The first-order chi connectivity index (χ1) is 12.1. The fraction of sp³-hybridized carbons (Fsp3) is 0.118. The van der Waals surface area contributed by atoms with Gasteiger partial charge in [0.2, 0.25) is 0 Å². The molecule has 3 rings (SSSR count). The third-order valence-electron chi connectivity index (χ3n) is 3.15. The molecule has 0 bridgehead atoms. The van der Waals surface area contributed by atoms with Crippen LogP contribution in [-0.2, 0) is 16.1 Å². The fourth-order valence-corrected chi connectivity index (χ4v) is 4.26. The summed E-state index contributed by atoms with van der Waals surface area (Å²) in [6.07, 6.45) is 0. The summed E-state index contributed by atoms with van der Waals surface area (Å²) in [6.45, 7) is -0.00722. The second kappa shape index (κ2) is 8.37. The van der Waals surface area contributed by atoms with Crippen molar-refractivity contribution >= 4 is 50.5 Å². The largest absolute Gasteiger partial charge is 0.460 e. The number of thiazole rings is 1. The Balaban J connectivity index is 1.49. The van der Waals surface area contributed by atoms with Gasteiger partial charge in [0.25, 0.3) is 5.91 Å². The zero-order chi connectivity index (χ0) is 17.6. The van der Waals surface area contributed by atoms with Crippen LogP contribution in [0.5, 0.6) is 0 Å². The number of esters is 1. The zero-order valence-corrected chi connectivity index (χ0v) is 16.1. The van der Waals surface area contributed by atoms with Gasteiger partial charge >= 0.3 is 5.97 Å². The lowest BCUT2D eigenvalue weighted by Gasteiger charge is -2.05. The van der Waals surface area contributed by atoms with Crippen LogP contribution in [0.3, 0.4) is 0 Å². The summed E-state index contributed by atoms with van der Waals surface area (Å²) in [4.78, 5) is 29.1. The molecule has 2 aromatic heterocycles. The Morgan fingerprint density at radius 1 is 1.16 bits per heavy atom. The Bertz CT molecular complexity index is 877. The second-order valence-electron chi connectivity index (χ2n) is 5.00. The van der Waals surface area contributed by atoms with Gasteiger partial charge in [-0.25, -0.2) is 4.98 Å².